The number of halogens is 2. The fourth-order valence-electron chi connectivity index (χ4n) is 0.727. The van der Waals surface area contributed by atoms with Crippen LogP contribution in [0.15, 0.2) is 21.2 Å². The molecule has 1 aliphatic heterocycles. The monoisotopic (exact) mass is 251 g/mol. The van der Waals surface area contributed by atoms with Gasteiger partial charge in [0.25, 0.3) is 0 Å². The molecule has 1 aliphatic rings. The molecule has 0 atom stereocenters. The molecule has 3 heteroatoms. The third kappa shape index (κ3) is 2.14. The van der Waals surface area contributed by atoms with E-state index < -0.39 is 0 Å². The highest BCUT2D eigenvalue weighted by molar-refractivity contribution is 9.12. The topological polar surface area (TPSA) is 3.24 Å². The van der Waals surface area contributed by atoms with Gasteiger partial charge in [-0.3, -0.25) is 0 Å². The molecule has 9 heavy (non-hydrogen) atoms. The van der Waals surface area contributed by atoms with E-state index in [9.17, 15) is 0 Å². The Hall–Kier alpha value is 0.240. The minimum Gasteiger partial charge on any atom is -0.375 e. The summed E-state index contributed by atoms with van der Waals surface area (Å²) in [6.07, 6.45) is 4.10. The zero-order chi connectivity index (χ0) is 6.85. The van der Waals surface area contributed by atoms with Crippen molar-refractivity contribution in [3.05, 3.63) is 21.2 Å². The first kappa shape index (κ1) is 7.35. The van der Waals surface area contributed by atoms with Gasteiger partial charge in [-0.25, -0.2) is 0 Å². The van der Waals surface area contributed by atoms with Crippen LogP contribution in [0.5, 0.6) is 0 Å². The second kappa shape index (κ2) is 2.88. The molecule has 0 aromatic carbocycles. The quantitative estimate of drug-likeness (QED) is 0.640. The van der Waals surface area contributed by atoms with E-state index in [0.717, 1.165) is 11.0 Å². The van der Waals surface area contributed by atoms with Crippen molar-refractivity contribution in [1.29, 1.82) is 0 Å². The molecule has 0 aromatic heterocycles. The number of likely N-dealkylation sites (N-methyl/N-ethyl adjacent to an activating group) is 1. The molecule has 0 radical (unpaired) electrons. The van der Waals surface area contributed by atoms with E-state index in [0.29, 0.717) is 0 Å². The van der Waals surface area contributed by atoms with Crippen molar-refractivity contribution in [2.24, 2.45) is 0 Å². The van der Waals surface area contributed by atoms with Crippen LogP contribution in [0.25, 0.3) is 0 Å². The molecule has 1 rings (SSSR count). The second-order valence-electron chi connectivity index (χ2n) is 2.02. The minimum absolute atomic E-state index is 0.967. The number of nitrogens with zero attached hydrogens (tertiary/aromatic N) is 1. The van der Waals surface area contributed by atoms with Crippen LogP contribution in [-0.2, 0) is 0 Å². The smallest absolute Gasteiger partial charge is 0.0487 e. The van der Waals surface area contributed by atoms with Crippen molar-refractivity contribution in [1.82, 2.24) is 4.90 Å². The lowest BCUT2D eigenvalue weighted by molar-refractivity contribution is 0.501. The van der Waals surface area contributed by atoms with Gasteiger partial charge in [0.1, 0.15) is 0 Å². The third-order valence-electron chi connectivity index (χ3n) is 1.04. The van der Waals surface area contributed by atoms with Gasteiger partial charge in [-0.2, -0.15) is 0 Å². The van der Waals surface area contributed by atoms with Crippen LogP contribution >= 0.6 is 31.9 Å². The van der Waals surface area contributed by atoms with Crippen molar-refractivity contribution >= 4 is 31.9 Å². The standard InChI is InChI=1S/C6H7Br2N/c1-9-3-5(7)2-6(8)4-9/h2-3H,4H2,1H3. The van der Waals surface area contributed by atoms with Gasteiger partial charge in [0.05, 0.1) is 0 Å². The molecule has 0 bridgehead atoms. The van der Waals surface area contributed by atoms with Gasteiger partial charge in [-0.05, 0) is 22.0 Å². The molecule has 0 saturated carbocycles. The number of allylic oxidation sites excluding steroid dienone is 2. The fraction of sp³-hybridized carbons (Fsp3) is 0.333. The Bertz CT molecular complexity index is 172. The molecule has 0 aliphatic carbocycles. The molecular formula is C6H7Br2N. The SMILES string of the molecule is CN1C=C(Br)C=C(Br)C1. The minimum atomic E-state index is 0.967. The van der Waals surface area contributed by atoms with Crippen molar-refractivity contribution in [3.63, 3.8) is 0 Å². The van der Waals surface area contributed by atoms with E-state index in [2.05, 4.69) is 42.8 Å². The number of hydrogen-bond donors (Lipinski definition) is 0. The summed E-state index contributed by atoms with van der Waals surface area (Å²) in [5, 5.41) is 0. The Kier molecular flexibility index (Phi) is 2.35. The van der Waals surface area contributed by atoms with Gasteiger partial charge in [0, 0.05) is 28.8 Å². The lowest BCUT2D eigenvalue weighted by Crippen LogP contribution is -2.15. The normalized spacial score (nSPS) is 19.2. The Morgan fingerprint density at radius 2 is 2.22 bits per heavy atom. The first-order valence-electron chi connectivity index (χ1n) is 2.62. The largest absolute Gasteiger partial charge is 0.375 e. The first-order valence-corrected chi connectivity index (χ1v) is 4.21. The molecule has 0 unspecified atom stereocenters. The van der Waals surface area contributed by atoms with Gasteiger partial charge in [-0.1, -0.05) is 15.9 Å². The Balaban J connectivity index is 2.74. The lowest BCUT2D eigenvalue weighted by Gasteiger charge is -2.17. The van der Waals surface area contributed by atoms with Crippen molar-refractivity contribution in [2.75, 3.05) is 13.6 Å². The van der Waals surface area contributed by atoms with Crippen LogP contribution in [0.4, 0.5) is 0 Å². The Morgan fingerprint density at radius 1 is 1.56 bits per heavy atom. The first-order chi connectivity index (χ1) is 4.18. The summed E-state index contributed by atoms with van der Waals surface area (Å²) >= 11 is 6.80. The van der Waals surface area contributed by atoms with E-state index in [1.165, 1.54) is 4.48 Å². The van der Waals surface area contributed by atoms with Crippen molar-refractivity contribution in [3.8, 4) is 0 Å². The van der Waals surface area contributed by atoms with Crippen LogP contribution in [0.1, 0.15) is 0 Å². The van der Waals surface area contributed by atoms with E-state index in [1.54, 1.807) is 0 Å². The summed E-state index contributed by atoms with van der Waals surface area (Å²) in [6, 6.07) is 0. The van der Waals surface area contributed by atoms with Crippen molar-refractivity contribution < 1.29 is 0 Å². The van der Waals surface area contributed by atoms with Crippen molar-refractivity contribution in [2.45, 2.75) is 0 Å². The average molecular weight is 253 g/mol. The van der Waals surface area contributed by atoms with Crippen LogP contribution in [-0.4, -0.2) is 18.5 Å². The van der Waals surface area contributed by atoms with E-state index in [1.807, 2.05) is 13.2 Å². The maximum atomic E-state index is 3.42. The highest BCUT2D eigenvalue weighted by Gasteiger charge is 2.02. The lowest BCUT2D eigenvalue weighted by atomic mass is 10.4. The second-order valence-corrected chi connectivity index (χ2v) is 3.95. The molecule has 0 saturated heterocycles. The van der Waals surface area contributed by atoms with E-state index >= 15 is 0 Å². The highest BCUT2D eigenvalue weighted by atomic mass is 79.9. The Morgan fingerprint density at radius 3 is 2.67 bits per heavy atom. The predicted octanol–water partition coefficient (Wildman–Crippen LogP) is 2.45. The van der Waals surface area contributed by atoms with Gasteiger partial charge < -0.3 is 4.90 Å². The molecule has 50 valence electrons. The number of hydrogen-bond acceptors (Lipinski definition) is 1. The van der Waals surface area contributed by atoms with Gasteiger partial charge in [0.15, 0.2) is 0 Å². The number of rotatable bonds is 0. The molecule has 0 fully saturated rings. The summed E-state index contributed by atoms with van der Waals surface area (Å²) in [6.45, 7) is 0.967. The molecule has 1 heterocycles. The zero-order valence-electron chi connectivity index (χ0n) is 5.06. The maximum absolute atomic E-state index is 3.42. The maximum Gasteiger partial charge on any atom is 0.0487 e. The van der Waals surface area contributed by atoms with Gasteiger partial charge in [0.2, 0.25) is 0 Å². The molecule has 0 spiro atoms. The highest BCUT2D eigenvalue weighted by Crippen LogP contribution is 2.20. The fourth-order valence-corrected chi connectivity index (χ4v) is 2.30. The van der Waals surface area contributed by atoms with E-state index in [-0.39, 0.29) is 0 Å². The average Bonchev–Trinajstić information content (AvgIpc) is 1.59. The molecule has 0 amide bonds. The van der Waals surface area contributed by atoms with Gasteiger partial charge >= 0.3 is 0 Å². The molecule has 0 aromatic rings. The van der Waals surface area contributed by atoms with Crippen LogP contribution in [0, 0.1) is 0 Å². The van der Waals surface area contributed by atoms with Crippen LogP contribution < -0.4 is 0 Å². The molecule has 1 nitrogen and oxygen atoms in total. The summed E-state index contributed by atoms with van der Waals surface area (Å²) in [5.74, 6) is 0. The third-order valence-corrected chi connectivity index (χ3v) is 1.95. The summed E-state index contributed by atoms with van der Waals surface area (Å²) in [5.41, 5.74) is 0. The summed E-state index contributed by atoms with van der Waals surface area (Å²) in [4.78, 5) is 2.11. The molecular weight excluding hydrogens is 246 g/mol. The summed E-state index contributed by atoms with van der Waals surface area (Å²) in [7, 11) is 2.04. The van der Waals surface area contributed by atoms with Crippen LogP contribution in [0.3, 0.4) is 0 Å². The summed E-state index contributed by atoms with van der Waals surface area (Å²) < 4.78 is 2.32. The Labute approximate surface area is 71.7 Å². The van der Waals surface area contributed by atoms with Crippen LogP contribution in [0.2, 0.25) is 0 Å². The van der Waals surface area contributed by atoms with E-state index in [4.69, 9.17) is 0 Å². The predicted molar refractivity (Wildman–Crippen MR) is 46.7 cm³/mol. The zero-order valence-corrected chi connectivity index (χ0v) is 8.24. The van der Waals surface area contributed by atoms with Gasteiger partial charge in [-0.15, -0.1) is 0 Å². The molecule has 0 N–H and O–H groups in total.